The van der Waals surface area contributed by atoms with Crippen LogP contribution in [0.15, 0.2) is 18.2 Å². The van der Waals surface area contributed by atoms with Gasteiger partial charge in [0.2, 0.25) is 0 Å². The van der Waals surface area contributed by atoms with E-state index < -0.39 is 0 Å². The summed E-state index contributed by atoms with van der Waals surface area (Å²) in [6.07, 6.45) is 10.0. The Morgan fingerprint density at radius 2 is 1.71 bits per heavy atom. The number of hydrogen-bond donors (Lipinski definition) is 0. The van der Waals surface area contributed by atoms with Crippen LogP contribution in [0.2, 0.25) is 0 Å². The molecule has 0 bridgehead atoms. The van der Waals surface area contributed by atoms with Gasteiger partial charge in [0.25, 0.3) is 0 Å². The van der Waals surface area contributed by atoms with Crippen molar-refractivity contribution in [2.45, 2.75) is 6.42 Å². The van der Waals surface area contributed by atoms with Gasteiger partial charge in [-0.2, -0.15) is 6.08 Å². The van der Waals surface area contributed by atoms with Crippen LogP contribution in [0.4, 0.5) is 0 Å². The molecule has 1 aliphatic rings. The van der Waals surface area contributed by atoms with E-state index in [0.717, 1.165) is 13.0 Å². The minimum Gasteiger partial charge on any atom is -0.339 e. The largest absolute Gasteiger partial charge is 2.00 e. The van der Waals surface area contributed by atoms with Crippen LogP contribution in [-0.4, -0.2) is 25.5 Å². The standard InChI is InChI=1S/C5H5.C4H10N.3ClH.Ti/c1-2-4-5-3-1;1-4-5(2)3;;;;/h1-3H,4H2;1,4H2,2-3H3;3*1H;/q2*-1;;;;+2. The summed E-state index contributed by atoms with van der Waals surface area (Å²) >= 11 is 0. The summed E-state index contributed by atoms with van der Waals surface area (Å²) in [4.78, 5) is 2.01. The van der Waals surface area contributed by atoms with Gasteiger partial charge >= 0.3 is 21.7 Å². The van der Waals surface area contributed by atoms with Crippen molar-refractivity contribution in [2.24, 2.45) is 0 Å². The third kappa shape index (κ3) is 29.2. The first-order valence-corrected chi connectivity index (χ1v) is 3.43. The number of rotatable bonds is 1. The molecule has 0 fully saturated rings. The van der Waals surface area contributed by atoms with Crippen LogP contribution >= 0.6 is 37.2 Å². The summed E-state index contributed by atoms with van der Waals surface area (Å²) in [5.41, 5.74) is 0. The van der Waals surface area contributed by atoms with Crippen LogP contribution in [0.3, 0.4) is 0 Å². The summed E-state index contributed by atoms with van der Waals surface area (Å²) in [5.74, 6) is 0. The average Bonchev–Trinajstić information content (AvgIpc) is 2.43. The summed E-state index contributed by atoms with van der Waals surface area (Å²) in [5, 5.41) is 0. The van der Waals surface area contributed by atoms with Crippen molar-refractivity contribution in [1.29, 1.82) is 0 Å². The fourth-order valence-electron chi connectivity index (χ4n) is 0.340. The van der Waals surface area contributed by atoms with E-state index in [2.05, 4.69) is 19.1 Å². The van der Waals surface area contributed by atoms with Crippen LogP contribution in [-0.2, 0) is 21.7 Å². The molecular weight excluding hydrogens is 276 g/mol. The van der Waals surface area contributed by atoms with Crippen LogP contribution in [0.5, 0.6) is 0 Å². The second-order valence-corrected chi connectivity index (χ2v) is 2.31. The quantitative estimate of drug-likeness (QED) is 0.531. The minimum atomic E-state index is 0. The Hall–Kier alpha value is 1.02. The second kappa shape index (κ2) is 23.7. The Morgan fingerprint density at radius 1 is 1.29 bits per heavy atom. The normalized spacial score (nSPS) is 9.71. The topological polar surface area (TPSA) is 3.24 Å². The van der Waals surface area contributed by atoms with Crippen molar-refractivity contribution < 1.29 is 21.7 Å². The maximum atomic E-state index is 3.61. The molecule has 0 aromatic rings. The monoisotopic (exact) mass is 293 g/mol. The minimum absolute atomic E-state index is 0. The molecule has 14 heavy (non-hydrogen) atoms. The molecule has 1 rings (SSSR count). The first-order valence-electron chi connectivity index (χ1n) is 3.43. The predicted molar refractivity (Wildman–Crippen MR) is 67.2 cm³/mol. The van der Waals surface area contributed by atoms with E-state index in [1.165, 1.54) is 0 Å². The Morgan fingerprint density at radius 3 is 1.79 bits per heavy atom. The van der Waals surface area contributed by atoms with Gasteiger partial charge < -0.3 is 11.8 Å². The van der Waals surface area contributed by atoms with E-state index in [1.54, 1.807) is 0 Å². The SMILES string of the molecule is Cl.Cl.Cl.[C-]1=CC=CC1.[CH2-]CN(C)C.[Ti+2]. The van der Waals surface area contributed by atoms with Crippen LogP contribution in [0.1, 0.15) is 6.42 Å². The fraction of sp³-hybridized carbons (Fsp3) is 0.444. The zero-order valence-corrected chi connectivity index (χ0v) is 12.5. The van der Waals surface area contributed by atoms with E-state index in [1.807, 2.05) is 31.1 Å². The van der Waals surface area contributed by atoms with Crippen molar-refractivity contribution >= 4 is 37.2 Å². The summed E-state index contributed by atoms with van der Waals surface area (Å²) in [7, 11) is 3.99. The van der Waals surface area contributed by atoms with Gasteiger partial charge in [0.1, 0.15) is 0 Å². The zero-order chi connectivity index (χ0) is 7.82. The molecule has 0 heterocycles. The van der Waals surface area contributed by atoms with Crippen molar-refractivity contribution in [2.75, 3.05) is 20.6 Å². The molecule has 0 radical (unpaired) electrons. The van der Waals surface area contributed by atoms with Gasteiger partial charge in [0.15, 0.2) is 0 Å². The first-order chi connectivity index (χ1) is 4.77. The molecular formula is C9H18Cl3NTi. The Bertz CT molecular complexity index is 117. The molecule has 5 heteroatoms. The number of halogens is 3. The molecule has 0 saturated carbocycles. The number of allylic oxidation sites excluding steroid dienone is 4. The van der Waals surface area contributed by atoms with Gasteiger partial charge in [-0.3, -0.25) is 6.08 Å². The first kappa shape index (κ1) is 29.4. The molecule has 0 atom stereocenters. The molecule has 0 unspecified atom stereocenters. The van der Waals surface area contributed by atoms with Gasteiger partial charge in [0.05, 0.1) is 0 Å². The Labute approximate surface area is 122 Å². The summed E-state index contributed by atoms with van der Waals surface area (Å²) < 4.78 is 0. The van der Waals surface area contributed by atoms with E-state index in [-0.39, 0.29) is 58.9 Å². The third-order valence-electron chi connectivity index (χ3n) is 1.03. The Balaban J connectivity index is -0.0000000300. The summed E-state index contributed by atoms with van der Waals surface area (Å²) in [6.45, 7) is 4.50. The second-order valence-electron chi connectivity index (χ2n) is 2.31. The number of nitrogens with zero attached hydrogens (tertiary/aromatic N) is 1. The van der Waals surface area contributed by atoms with Crippen molar-refractivity contribution in [3.05, 3.63) is 31.2 Å². The van der Waals surface area contributed by atoms with Crippen LogP contribution in [0.25, 0.3) is 0 Å². The molecule has 0 aliphatic heterocycles. The molecule has 0 spiro atoms. The van der Waals surface area contributed by atoms with Crippen LogP contribution < -0.4 is 0 Å². The fourth-order valence-corrected chi connectivity index (χ4v) is 0.340. The molecule has 1 aliphatic carbocycles. The molecule has 0 aromatic heterocycles. The summed E-state index contributed by atoms with van der Waals surface area (Å²) in [6, 6.07) is 0. The van der Waals surface area contributed by atoms with E-state index in [0.29, 0.717) is 0 Å². The predicted octanol–water partition coefficient (Wildman–Crippen LogP) is 2.95. The van der Waals surface area contributed by atoms with Crippen molar-refractivity contribution in [1.82, 2.24) is 4.90 Å². The van der Waals surface area contributed by atoms with Gasteiger partial charge in [-0.1, -0.05) is 0 Å². The molecule has 1 nitrogen and oxygen atoms in total. The zero-order valence-electron chi connectivity index (χ0n) is 8.53. The smallest absolute Gasteiger partial charge is 0.339 e. The van der Waals surface area contributed by atoms with Gasteiger partial charge in [-0.25, -0.2) is 12.2 Å². The molecule has 0 amide bonds. The van der Waals surface area contributed by atoms with E-state index in [4.69, 9.17) is 0 Å². The average molecular weight is 294 g/mol. The maximum Gasteiger partial charge on any atom is 2.00 e. The molecule has 0 aromatic carbocycles. The van der Waals surface area contributed by atoms with Gasteiger partial charge in [-0.15, -0.1) is 50.2 Å². The van der Waals surface area contributed by atoms with Gasteiger partial charge in [0, 0.05) is 0 Å². The van der Waals surface area contributed by atoms with Crippen molar-refractivity contribution in [3.63, 3.8) is 0 Å². The maximum absolute atomic E-state index is 3.61. The molecule has 0 N–H and O–H groups in total. The van der Waals surface area contributed by atoms with Crippen molar-refractivity contribution in [3.8, 4) is 0 Å². The molecule has 84 valence electrons. The van der Waals surface area contributed by atoms with E-state index in [9.17, 15) is 0 Å². The number of hydrogen-bond acceptors (Lipinski definition) is 1. The van der Waals surface area contributed by atoms with Crippen LogP contribution in [0, 0.1) is 13.0 Å². The molecule has 0 saturated heterocycles. The van der Waals surface area contributed by atoms with Gasteiger partial charge in [-0.05, 0) is 14.1 Å². The third-order valence-corrected chi connectivity index (χ3v) is 1.03. The Kier molecular flexibility index (Phi) is 49.7. The van der Waals surface area contributed by atoms with E-state index >= 15 is 0 Å².